The molecule has 1 aromatic heterocycles. The normalized spacial score (nSPS) is 10.3. The maximum absolute atomic E-state index is 12.0. The first-order chi connectivity index (χ1) is 8.99. The number of aryl methyl sites for hydroxylation is 1. The van der Waals surface area contributed by atoms with Crippen LogP contribution in [-0.4, -0.2) is 15.9 Å². The molecule has 0 fully saturated rings. The van der Waals surface area contributed by atoms with E-state index in [2.05, 4.69) is 15.3 Å². The Hall–Kier alpha value is -1.85. The van der Waals surface area contributed by atoms with Crippen LogP contribution in [0.25, 0.3) is 0 Å². The summed E-state index contributed by atoms with van der Waals surface area (Å²) in [5, 5.41) is 2.71. The van der Waals surface area contributed by atoms with Crippen LogP contribution in [0, 0.1) is 6.92 Å². The summed E-state index contributed by atoms with van der Waals surface area (Å²) < 4.78 is 0. The molecule has 0 aliphatic carbocycles. The molecule has 0 aliphatic heterocycles. The maximum Gasteiger partial charge on any atom is 0.255 e. The van der Waals surface area contributed by atoms with E-state index in [1.165, 1.54) is 6.33 Å². The van der Waals surface area contributed by atoms with E-state index >= 15 is 0 Å². The number of nitrogens with zero attached hydrogens (tertiary/aromatic N) is 2. The molecule has 1 aromatic carbocycles. The maximum atomic E-state index is 12.0. The Labute approximate surface area is 119 Å². The number of benzene rings is 1. The Bertz CT molecular complexity index is 625. The summed E-state index contributed by atoms with van der Waals surface area (Å²) in [5.41, 5.74) is 7.77. The average molecular weight is 297 g/mol. The van der Waals surface area contributed by atoms with Gasteiger partial charge in [-0.1, -0.05) is 29.3 Å². The predicted molar refractivity (Wildman–Crippen MR) is 75.6 cm³/mol. The van der Waals surface area contributed by atoms with Crippen molar-refractivity contribution in [1.29, 1.82) is 0 Å². The highest BCUT2D eigenvalue weighted by Crippen LogP contribution is 2.26. The zero-order chi connectivity index (χ0) is 14.0. The third kappa shape index (κ3) is 2.94. The zero-order valence-corrected chi connectivity index (χ0v) is 11.5. The number of nitrogens with two attached hydrogens (primary N) is 1. The van der Waals surface area contributed by atoms with Crippen LogP contribution in [0.5, 0.6) is 0 Å². The van der Waals surface area contributed by atoms with Crippen molar-refractivity contribution in [3.05, 3.63) is 46.0 Å². The minimum atomic E-state index is -0.384. The van der Waals surface area contributed by atoms with E-state index in [1.807, 2.05) is 6.92 Å². The SMILES string of the molecule is Cc1ccc(C(=O)Nc2c(Cl)ncnc2Cl)cc1N. The van der Waals surface area contributed by atoms with E-state index < -0.39 is 0 Å². The van der Waals surface area contributed by atoms with Gasteiger partial charge in [0.2, 0.25) is 0 Å². The summed E-state index contributed by atoms with van der Waals surface area (Å²) in [6.45, 7) is 1.86. The Kier molecular flexibility index (Phi) is 3.87. The van der Waals surface area contributed by atoms with E-state index in [9.17, 15) is 4.79 Å². The highest BCUT2D eigenvalue weighted by molar-refractivity contribution is 6.38. The number of amides is 1. The summed E-state index contributed by atoms with van der Waals surface area (Å²) in [7, 11) is 0. The van der Waals surface area contributed by atoms with Gasteiger partial charge >= 0.3 is 0 Å². The highest BCUT2D eigenvalue weighted by Gasteiger charge is 2.13. The number of hydrogen-bond donors (Lipinski definition) is 2. The van der Waals surface area contributed by atoms with Crippen molar-refractivity contribution >= 4 is 40.5 Å². The van der Waals surface area contributed by atoms with Gasteiger partial charge in [0.05, 0.1) is 0 Å². The monoisotopic (exact) mass is 296 g/mol. The zero-order valence-electron chi connectivity index (χ0n) is 9.95. The fourth-order valence-electron chi connectivity index (χ4n) is 1.42. The van der Waals surface area contributed by atoms with Gasteiger partial charge in [0.1, 0.15) is 12.0 Å². The van der Waals surface area contributed by atoms with Gasteiger partial charge in [-0.25, -0.2) is 9.97 Å². The number of halogens is 2. The van der Waals surface area contributed by atoms with Crippen LogP contribution in [0.2, 0.25) is 10.3 Å². The topological polar surface area (TPSA) is 80.9 Å². The first-order valence-corrected chi connectivity index (χ1v) is 6.08. The molecule has 3 N–H and O–H groups in total. The number of hydrogen-bond acceptors (Lipinski definition) is 4. The number of anilines is 2. The molecule has 0 spiro atoms. The Morgan fingerprint density at radius 3 is 2.47 bits per heavy atom. The van der Waals surface area contributed by atoms with E-state index in [4.69, 9.17) is 28.9 Å². The number of aromatic nitrogens is 2. The number of nitrogen functional groups attached to an aromatic ring is 1. The lowest BCUT2D eigenvalue weighted by Gasteiger charge is -2.08. The number of nitrogens with one attached hydrogen (secondary N) is 1. The van der Waals surface area contributed by atoms with Crippen molar-refractivity contribution in [2.75, 3.05) is 11.1 Å². The van der Waals surface area contributed by atoms with E-state index in [0.717, 1.165) is 5.56 Å². The molecule has 0 radical (unpaired) electrons. The van der Waals surface area contributed by atoms with Gasteiger partial charge in [0.25, 0.3) is 5.91 Å². The summed E-state index contributed by atoms with van der Waals surface area (Å²) >= 11 is 11.7. The van der Waals surface area contributed by atoms with Gasteiger partial charge < -0.3 is 11.1 Å². The number of carbonyl (C=O) groups is 1. The molecule has 2 rings (SSSR count). The Balaban J connectivity index is 2.28. The minimum absolute atomic E-state index is 0.0773. The molecule has 0 unspecified atom stereocenters. The lowest BCUT2D eigenvalue weighted by molar-refractivity contribution is 0.102. The van der Waals surface area contributed by atoms with Gasteiger partial charge in [-0.05, 0) is 24.6 Å². The molecule has 0 saturated heterocycles. The van der Waals surface area contributed by atoms with Crippen molar-refractivity contribution in [2.24, 2.45) is 0 Å². The number of carbonyl (C=O) groups excluding carboxylic acids is 1. The average Bonchev–Trinajstić information content (AvgIpc) is 2.37. The van der Waals surface area contributed by atoms with Gasteiger partial charge in [0.15, 0.2) is 10.3 Å². The molecule has 0 bridgehead atoms. The van der Waals surface area contributed by atoms with E-state index in [0.29, 0.717) is 11.3 Å². The Morgan fingerprint density at radius 2 is 1.89 bits per heavy atom. The third-order valence-corrected chi connectivity index (χ3v) is 3.11. The minimum Gasteiger partial charge on any atom is -0.398 e. The lowest BCUT2D eigenvalue weighted by atomic mass is 10.1. The van der Waals surface area contributed by atoms with Crippen LogP contribution >= 0.6 is 23.2 Å². The van der Waals surface area contributed by atoms with Crippen LogP contribution in [0.15, 0.2) is 24.5 Å². The second-order valence-electron chi connectivity index (χ2n) is 3.86. The molecule has 98 valence electrons. The van der Waals surface area contributed by atoms with Crippen molar-refractivity contribution in [1.82, 2.24) is 9.97 Å². The van der Waals surface area contributed by atoms with Crippen LogP contribution in [0.3, 0.4) is 0 Å². The van der Waals surface area contributed by atoms with Gasteiger partial charge in [-0.2, -0.15) is 0 Å². The lowest BCUT2D eigenvalue weighted by Crippen LogP contribution is -2.13. The van der Waals surface area contributed by atoms with Crippen molar-refractivity contribution in [3.63, 3.8) is 0 Å². The largest absolute Gasteiger partial charge is 0.398 e. The summed E-state index contributed by atoms with van der Waals surface area (Å²) in [6.07, 6.45) is 1.21. The van der Waals surface area contributed by atoms with Crippen LogP contribution in [0.4, 0.5) is 11.4 Å². The van der Waals surface area contributed by atoms with Crippen LogP contribution in [0.1, 0.15) is 15.9 Å². The van der Waals surface area contributed by atoms with Crippen molar-refractivity contribution < 1.29 is 4.79 Å². The molecule has 1 amide bonds. The molecule has 5 nitrogen and oxygen atoms in total. The molecule has 7 heteroatoms. The molecule has 0 saturated carbocycles. The van der Waals surface area contributed by atoms with Gasteiger partial charge in [-0.15, -0.1) is 0 Å². The molecule has 0 atom stereocenters. The third-order valence-electron chi connectivity index (χ3n) is 2.53. The number of rotatable bonds is 2. The second-order valence-corrected chi connectivity index (χ2v) is 4.57. The predicted octanol–water partition coefficient (Wildman–Crippen LogP) is 2.93. The molecule has 2 aromatic rings. The fourth-order valence-corrected chi connectivity index (χ4v) is 1.82. The molecular formula is C12H10Cl2N4O. The van der Waals surface area contributed by atoms with Crippen molar-refractivity contribution in [2.45, 2.75) is 6.92 Å². The fraction of sp³-hybridized carbons (Fsp3) is 0.0833. The summed E-state index contributed by atoms with van der Waals surface area (Å²) in [6, 6.07) is 5.00. The van der Waals surface area contributed by atoms with Gasteiger partial charge in [0, 0.05) is 11.3 Å². The summed E-state index contributed by atoms with van der Waals surface area (Å²) in [4.78, 5) is 19.5. The first-order valence-electron chi connectivity index (χ1n) is 5.32. The molecule has 19 heavy (non-hydrogen) atoms. The Morgan fingerprint density at radius 1 is 1.26 bits per heavy atom. The van der Waals surface area contributed by atoms with E-state index in [-0.39, 0.29) is 21.9 Å². The van der Waals surface area contributed by atoms with Gasteiger partial charge in [-0.3, -0.25) is 4.79 Å². The van der Waals surface area contributed by atoms with Crippen LogP contribution in [-0.2, 0) is 0 Å². The molecular weight excluding hydrogens is 287 g/mol. The first kappa shape index (κ1) is 13.6. The summed E-state index contributed by atoms with van der Waals surface area (Å²) in [5.74, 6) is -0.384. The van der Waals surface area contributed by atoms with Crippen molar-refractivity contribution in [3.8, 4) is 0 Å². The molecule has 0 aliphatic rings. The van der Waals surface area contributed by atoms with Crippen LogP contribution < -0.4 is 11.1 Å². The second kappa shape index (κ2) is 5.42. The van der Waals surface area contributed by atoms with E-state index in [1.54, 1.807) is 18.2 Å². The smallest absolute Gasteiger partial charge is 0.255 e. The standard InChI is InChI=1S/C12H10Cl2N4O/c1-6-2-3-7(4-8(6)15)12(19)18-9-10(13)16-5-17-11(9)14/h2-5H,15H2,1H3,(H,18,19). The molecule has 1 heterocycles. The quantitative estimate of drug-likeness (QED) is 0.659. The highest BCUT2D eigenvalue weighted by atomic mass is 35.5.